The van der Waals surface area contributed by atoms with Crippen LogP contribution in [0.2, 0.25) is 0 Å². The molecule has 8 heteroatoms. The summed E-state index contributed by atoms with van der Waals surface area (Å²) in [6, 6.07) is 34.2. The van der Waals surface area contributed by atoms with Gasteiger partial charge >= 0.3 is 0 Å². The van der Waals surface area contributed by atoms with Crippen LogP contribution in [0.3, 0.4) is 0 Å². The summed E-state index contributed by atoms with van der Waals surface area (Å²) < 4.78 is 24.0. The van der Waals surface area contributed by atoms with E-state index in [2.05, 4.69) is 0 Å². The van der Waals surface area contributed by atoms with E-state index in [1.165, 1.54) is 0 Å². The molecule has 4 aromatic carbocycles. The molecule has 0 fully saturated rings. The van der Waals surface area contributed by atoms with E-state index in [1.807, 2.05) is 147 Å². The van der Waals surface area contributed by atoms with Crippen LogP contribution in [-0.2, 0) is 32.3 Å². The SMILES string of the molecule is CC[C@](OCc1ccc(OC)cc1)(C(=O)Cl)[C@@H](/C=C/c1ccccc1)[C@H](/C=C/c1ccccc1)[C@@](CC)(OCc1ccc(OC)cc1)C(=O)Cl. The summed E-state index contributed by atoms with van der Waals surface area (Å²) in [5.74, 6) is -0.258. The first-order valence-electron chi connectivity index (χ1n) is 16.6. The summed E-state index contributed by atoms with van der Waals surface area (Å²) in [5.41, 5.74) is 0.209. The van der Waals surface area contributed by atoms with E-state index in [9.17, 15) is 9.59 Å². The van der Waals surface area contributed by atoms with Gasteiger partial charge in [0.15, 0.2) is 0 Å². The van der Waals surface area contributed by atoms with Gasteiger partial charge in [0, 0.05) is 11.8 Å². The maximum absolute atomic E-state index is 13.9. The first-order chi connectivity index (χ1) is 24.2. The zero-order valence-electron chi connectivity index (χ0n) is 28.9. The summed E-state index contributed by atoms with van der Waals surface area (Å²) >= 11 is 13.2. The first-order valence-corrected chi connectivity index (χ1v) is 17.4. The van der Waals surface area contributed by atoms with Crippen molar-refractivity contribution in [2.24, 2.45) is 11.8 Å². The van der Waals surface area contributed by atoms with Gasteiger partial charge < -0.3 is 18.9 Å². The van der Waals surface area contributed by atoms with Gasteiger partial charge in [-0.05, 0) is 82.6 Å². The van der Waals surface area contributed by atoms with E-state index in [4.69, 9.17) is 42.1 Å². The van der Waals surface area contributed by atoms with Crippen molar-refractivity contribution in [2.75, 3.05) is 14.2 Å². The highest BCUT2D eigenvalue weighted by atomic mass is 35.5. The van der Waals surface area contributed by atoms with Gasteiger partial charge in [-0.3, -0.25) is 9.59 Å². The van der Waals surface area contributed by atoms with Crippen LogP contribution in [0.15, 0.2) is 121 Å². The van der Waals surface area contributed by atoms with Crippen LogP contribution in [-0.4, -0.2) is 35.9 Å². The quantitative estimate of drug-likeness (QED) is 0.0901. The molecule has 0 N–H and O–H groups in total. The van der Waals surface area contributed by atoms with Crippen LogP contribution >= 0.6 is 23.2 Å². The fourth-order valence-electron chi connectivity index (χ4n) is 6.08. The molecule has 4 aromatic rings. The molecule has 0 aliphatic carbocycles. The predicted octanol–water partition coefficient (Wildman–Crippen LogP) is 9.92. The zero-order chi connectivity index (χ0) is 36.0. The average molecular weight is 716 g/mol. The monoisotopic (exact) mass is 714 g/mol. The minimum Gasteiger partial charge on any atom is -0.497 e. The maximum Gasteiger partial charge on any atom is 0.254 e. The molecule has 0 spiro atoms. The third-order valence-corrected chi connectivity index (χ3v) is 9.72. The Bertz CT molecular complexity index is 1580. The van der Waals surface area contributed by atoms with Crippen molar-refractivity contribution in [1.29, 1.82) is 0 Å². The van der Waals surface area contributed by atoms with E-state index >= 15 is 0 Å². The van der Waals surface area contributed by atoms with Gasteiger partial charge in [-0.1, -0.05) is 123 Å². The number of rotatable bonds is 19. The molecule has 0 aliphatic heterocycles. The van der Waals surface area contributed by atoms with E-state index in [0.29, 0.717) is 11.5 Å². The predicted molar refractivity (Wildman–Crippen MR) is 201 cm³/mol. The van der Waals surface area contributed by atoms with Crippen molar-refractivity contribution < 1.29 is 28.5 Å². The Hall–Kier alpha value is -4.20. The minimum atomic E-state index is -1.60. The molecule has 4 atom stereocenters. The van der Waals surface area contributed by atoms with Gasteiger partial charge in [0.1, 0.15) is 22.7 Å². The van der Waals surface area contributed by atoms with Crippen LogP contribution in [0.5, 0.6) is 11.5 Å². The van der Waals surface area contributed by atoms with Crippen molar-refractivity contribution in [3.63, 3.8) is 0 Å². The lowest BCUT2D eigenvalue weighted by Crippen LogP contribution is -2.56. The highest BCUT2D eigenvalue weighted by Gasteiger charge is 2.55. The van der Waals surface area contributed by atoms with E-state index < -0.39 is 33.5 Å². The van der Waals surface area contributed by atoms with Gasteiger partial charge in [-0.2, -0.15) is 0 Å². The fourth-order valence-corrected chi connectivity index (χ4v) is 6.71. The molecule has 0 radical (unpaired) electrons. The topological polar surface area (TPSA) is 71.1 Å². The lowest BCUT2D eigenvalue weighted by Gasteiger charge is -2.45. The van der Waals surface area contributed by atoms with Crippen LogP contribution in [0.25, 0.3) is 12.2 Å². The van der Waals surface area contributed by atoms with Crippen molar-refractivity contribution in [2.45, 2.75) is 51.1 Å². The lowest BCUT2D eigenvalue weighted by atomic mass is 9.68. The molecule has 0 bridgehead atoms. The maximum atomic E-state index is 13.9. The number of methoxy groups -OCH3 is 2. The lowest BCUT2D eigenvalue weighted by molar-refractivity contribution is -0.167. The van der Waals surface area contributed by atoms with Gasteiger partial charge in [0.05, 0.1) is 27.4 Å². The van der Waals surface area contributed by atoms with Crippen LogP contribution in [0.4, 0.5) is 0 Å². The molecule has 0 heterocycles. The van der Waals surface area contributed by atoms with Crippen LogP contribution in [0.1, 0.15) is 48.9 Å². The summed E-state index contributed by atoms with van der Waals surface area (Å²) in [4.78, 5) is 27.7. The van der Waals surface area contributed by atoms with E-state index in [-0.39, 0.29) is 26.1 Å². The number of carbonyl (C=O) groups is 2. The summed E-state index contributed by atoms with van der Waals surface area (Å²) in [6.45, 7) is 3.84. The highest BCUT2D eigenvalue weighted by molar-refractivity contribution is 6.66. The second kappa shape index (κ2) is 18.7. The Labute approximate surface area is 305 Å². The van der Waals surface area contributed by atoms with Crippen molar-refractivity contribution in [1.82, 2.24) is 0 Å². The molecule has 0 saturated carbocycles. The molecule has 0 aliphatic rings. The smallest absolute Gasteiger partial charge is 0.254 e. The number of ether oxygens (including phenoxy) is 4. The summed E-state index contributed by atoms with van der Waals surface area (Å²) in [7, 11) is 3.20. The first kappa shape index (κ1) is 38.6. The van der Waals surface area contributed by atoms with Crippen LogP contribution in [0, 0.1) is 11.8 Å². The molecule has 6 nitrogen and oxygen atoms in total. The standard InChI is InChI=1S/C42H44Cl2O6/c1-5-41(39(43)45,49-29-33-17-23-35(47-3)24-18-33)37(27-21-31-13-9-7-10-14-31)38(28-22-32-15-11-8-12-16-32)42(6-2,40(44)46)50-30-34-19-25-36(48-4)26-20-34/h7-28,37-38H,5-6,29-30H2,1-4H3/b27-21+,28-22+/t37-,38-,41+,42+/m0/s1. The average Bonchev–Trinajstić information content (AvgIpc) is 3.15. The number of hydrogen-bond acceptors (Lipinski definition) is 6. The molecule has 50 heavy (non-hydrogen) atoms. The number of hydrogen-bond donors (Lipinski definition) is 0. The number of benzene rings is 4. The summed E-state index contributed by atoms with van der Waals surface area (Å²) in [6.07, 6.45) is 8.01. The van der Waals surface area contributed by atoms with Gasteiger partial charge in [-0.25, -0.2) is 0 Å². The van der Waals surface area contributed by atoms with Gasteiger partial charge in [-0.15, -0.1) is 0 Å². The van der Waals surface area contributed by atoms with Crippen molar-refractivity contribution in [3.8, 4) is 11.5 Å². The summed E-state index contributed by atoms with van der Waals surface area (Å²) in [5, 5.41) is -1.40. The Kier molecular flexibility index (Phi) is 14.4. The van der Waals surface area contributed by atoms with Crippen molar-refractivity contribution >= 4 is 45.8 Å². The third kappa shape index (κ3) is 9.52. The van der Waals surface area contributed by atoms with Crippen LogP contribution < -0.4 is 9.47 Å². The minimum absolute atomic E-state index is 0.0712. The van der Waals surface area contributed by atoms with Crippen molar-refractivity contribution in [3.05, 3.63) is 144 Å². The second-order valence-electron chi connectivity index (χ2n) is 11.9. The molecule has 0 saturated heterocycles. The second-order valence-corrected chi connectivity index (χ2v) is 12.6. The number of halogens is 2. The molecule has 262 valence electrons. The Morgan fingerprint density at radius 3 is 1.20 bits per heavy atom. The van der Waals surface area contributed by atoms with E-state index in [0.717, 1.165) is 22.3 Å². The molecule has 0 unspecified atom stereocenters. The Morgan fingerprint density at radius 2 is 0.920 bits per heavy atom. The molecule has 0 amide bonds. The molecule has 4 rings (SSSR count). The zero-order valence-corrected chi connectivity index (χ0v) is 30.4. The normalized spacial score (nSPS) is 15.2. The Morgan fingerprint density at radius 1 is 0.580 bits per heavy atom. The highest BCUT2D eigenvalue weighted by Crippen LogP contribution is 2.46. The fraction of sp³-hybridized carbons (Fsp3) is 0.286. The van der Waals surface area contributed by atoms with E-state index in [1.54, 1.807) is 14.2 Å². The molecular formula is C42H44Cl2O6. The largest absolute Gasteiger partial charge is 0.497 e. The third-order valence-electron chi connectivity index (χ3n) is 9.08. The Balaban J connectivity index is 1.91. The molecule has 0 aromatic heterocycles. The number of carbonyl (C=O) groups excluding carboxylic acids is 2. The van der Waals surface area contributed by atoms with Gasteiger partial charge in [0.2, 0.25) is 0 Å². The van der Waals surface area contributed by atoms with Gasteiger partial charge in [0.25, 0.3) is 10.5 Å². The molecular weight excluding hydrogens is 671 g/mol.